The van der Waals surface area contributed by atoms with Crippen molar-refractivity contribution in [3.8, 4) is 16.9 Å². The molecule has 1 amide bonds. The van der Waals surface area contributed by atoms with Crippen molar-refractivity contribution < 1.29 is 14.3 Å². The van der Waals surface area contributed by atoms with E-state index in [9.17, 15) is 4.79 Å². The first-order valence-corrected chi connectivity index (χ1v) is 9.58. The summed E-state index contributed by atoms with van der Waals surface area (Å²) in [6, 6.07) is 14.5. The second-order valence-corrected chi connectivity index (χ2v) is 8.45. The highest BCUT2D eigenvalue weighted by atomic mass is 16.6. The first-order valence-electron chi connectivity index (χ1n) is 9.58. The number of aryl methyl sites for hydroxylation is 1. The maximum Gasteiger partial charge on any atom is 0.405 e. The molecule has 0 unspecified atom stereocenters. The fraction of sp³-hybridized carbons (Fsp3) is 0.435. The molecule has 0 saturated carbocycles. The number of primary amides is 1. The zero-order chi connectivity index (χ0) is 19.6. The monoisotopic (exact) mass is 367 g/mol. The summed E-state index contributed by atoms with van der Waals surface area (Å²) in [4.78, 5) is 11.4. The Kier molecular flexibility index (Phi) is 5.45. The molecular formula is C23H29NO3. The Hall–Kier alpha value is -2.49. The molecule has 0 aromatic heterocycles. The Balaban J connectivity index is 1.90. The molecule has 0 saturated heterocycles. The van der Waals surface area contributed by atoms with Crippen LogP contribution < -0.4 is 10.5 Å². The van der Waals surface area contributed by atoms with Gasteiger partial charge in [-0.2, -0.15) is 0 Å². The number of carbonyl (C=O) groups is 1. The predicted molar refractivity (Wildman–Crippen MR) is 108 cm³/mol. The van der Waals surface area contributed by atoms with Crippen LogP contribution in [0.5, 0.6) is 5.75 Å². The summed E-state index contributed by atoms with van der Waals surface area (Å²) in [5.41, 5.74) is 9.72. The topological polar surface area (TPSA) is 61.6 Å². The molecule has 1 aliphatic carbocycles. The fourth-order valence-corrected chi connectivity index (χ4v) is 3.63. The minimum absolute atomic E-state index is 0.131. The smallest absolute Gasteiger partial charge is 0.405 e. The Morgan fingerprint density at radius 3 is 2.63 bits per heavy atom. The van der Waals surface area contributed by atoms with Crippen molar-refractivity contribution in [3.05, 3.63) is 53.6 Å². The van der Waals surface area contributed by atoms with Crippen LogP contribution in [0.4, 0.5) is 4.79 Å². The van der Waals surface area contributed by atoms with Gasteiger partial charge in [0.15, 0.2) is 0 Å². The van der Waals surface area contributed by atoms with E-state index >= 15 is 0 Å². The lowest BCUT2D eigenvalue weighted by atomic mass is 9.71. The number of fused-ring (bicyclic) bond motifs is 1. The molecule has 0 bridgehead atoms. The number of ether oxygens (including phenoxy) is 2. The van der Waals surface area contributed by atoms with E-state index in [-0.39, 0.29) is 11.5 Å². The summed E-state index contributed by atoms with van der Waals surface area (Å²) in [6.45, 7) is 9.22. The third-order valence-corrected chi connectivity index (χ3v) is 5.16. The van der Waals surface area contributed by atoms with Crippen molar-refractivity contribution in [2.24, 2.45) is 17.1 Å². The van der Waals surface area contributed by atoms with Gasteiger partial charge < -0.3 is 15.2 Å². The van der Waals surface area contributed by atoms with Crippen molar-refractivity contribution in [1.29, 1.82) is 0 Å². The summed E-state index contributed by atoms with van der Waals surface area (Å²) >= 11 is 0. The molecule has 0 aliphatic heterocycles. The second kappa shape index (κ2) is 7.63. The average Bonchev–Trinajstić information content (AvgIpc) is 2.62. The van der Waals surface area contributed by atoms with E-state index in [1.807, 2.05) is 12.1 Å². The van der Waals surface area contributed by atoms with Gasteiger partial charge in [0.25, 0.3) is 0 Å². The minimum atomic E-state index is -0.722. The first kappa shape index (κ1) is 19.3. The highest BCUT2D eigenvalue weighted by molar-refractivity contribution is 5.68. The van der Waals surface area contributed by atoms with Gasteiger partial charge in [0.1, 0.15) is 11.9 Å². The lowest BCUT2D eigenvalue weighted by Gasteiger charge is -2.39. The van der Waals surface area contributed by atoms with Crippen molar-refractivity contribution >= 4 is 6.09 Å². The minimum Gasteiger partial charge on any atom is -0.493 e. The number of amides is 1. The third-order valence-electron chi connectivity index (χ3n) is 5.16. The standard InChI is InChI=1S/C23H29NO3/c1-15(2)14-26-19-7-5-6-16(13-19)17-8-9-20-18(12-17)10-11-23(3,4)21(20)27-22(24)25/h5-9,12-13,15,21H,10-11,14H2,1-4H3,(H2,24,25)/t21-/m0/s1. The molecule has 1 atom stereocenters. The average molecular weight is 367 g/mol. The molecule has 4 heteroatoms. The summed E-state index contributed by atoms with van der Waals surface area (Å²) in [7, 11) is 0. The van der Waals surface area contributed by atoms with Gasteiger partial charge in [-0.3, -0.25) is 0 Å². The van der Waals surface area contributed by atoms with E-state index in [1.165, 1.54) is 5.56 Å². The number of benzene rings is 2. The summed E-state index contributed by atoms with van der Waals surface area (Å²) in [6.07, 6.45) is 0.866. The van der Waals surface area contributed by atoms with E-state index in [0.717, 1.165) is 35.3 Å². The molecule has 2 aromatic carbocycles. The zero-order valence-corrected chi connectivity index (χ0v) is 16.6. The van der Waals surface area contributed by atoms with Gasteiger partial charge in [-0.25, -0.2) is 4.79 Å². The Labute approximate surface area is 161 Å². The van der Waals surface area contributed by atoms with Gasteiger partial charge >= 0.3 is 6.09 Å². The van der Waals surface area contributed by atoms with Gasteiger partial charge in [0.05, 0.1) is 6.61 Å². The zero-order valence-electron chi connectivity index (χ0n) is 16.6. The Morgan fingerprint density at radius 2 is 1.93 bits per heavy atom. The molecule has 0 spiro atoms. The van der Waals surface area contributed by atoms with Gasteiger partial charge in [-0.05, 0) is 53.1 Å². The molecule has 0 fully saturated rings. The first-order chi connectivity index (χ1) is 12.8. The molecule has 2 aromatic rings. The Bertz CT molecular complexity index is 826. The molecule has 1 aliphatic rings. The number of rotatable bonds is 5. The lowest BCUT2D eigenvalue weighted by Crippen LogP contribution is -2.33. The van der Waals surface area contributed by atoms with Crippen LogP contribution in [0.2, 0.25) is 0 Å². The van der Waals surface area contributed by atoms with E-state index in [4.69, 9.17) is 15.2 Å². The van der Waals surface area contributed by atoms with E-state index in [1.54, 1.807) is 0 Å². The van der Waals surface area contributed by atoms with Crippen LogP contribution >= 0.6 is 0 Å². The fourth-order valence-electron chi connectivity index (χ4n) is 3.63. The quantitative estimate of drug-likeness (QED) is 0.759. The van der Waals surface area contributed by atoms with Crippen LogP contribution in [0.1, 0.15) is 51.3 Å². The number of nitrogens with two attached hydrogens (primary N) is 1. The van der Waals surface area contributed by atoms with Crippen LogP contribution in [0.15, 0.2) is 42.5 Å². The maximum atomic E-state index is 11.4. The third kappa shape index (κ3) is 4.44. The van der Waals surface area contributed by atoms with Crippen LogP contribution in [0.25, 0.3) is 11.1 Å². The largest absolute Gasteiger partial charge is 0.493 e. The number of hydrogen-bond acceptors (Lipinski definition) is 3. The van der Waals surface area contributed by atoms with Gasteiger partial charge in [-0.1, -0.05) is 58.0 Å². The normalized spacial score (nSPS) is 18.0. The highest BCUT2D eigenvalue weighted by Crippen LogP contribution is 2.46. The molecule has 27 heavy (non-hydrogen) atoms. The maximum absolute atomic E-state index is 11.4. The van der Waals surface area contributed by atoms with E-state index < -0.39 is 6.09 Å². The molecule has 3 rings (SSSR count). The van der Waals surface area contributed by atoms with Crippen LogP contribution in [0.3, 0.4) is 0 Å². The molecule has 144 valence electrons. The van der Waals surface area contributed by atoms with Gasteiger partial charge in [0.2, 0.25) is 0 Å². The molecule has 4 nitrogen and oxygen atoms in total. The molecular weight excluding hydrogens is 338 g/mol. The summed E-state index contributed by atoms with van der Waals surface area (Å²) in [5.74, 6) is 1.37. The van der Waals surface area contributed by atoms with E-state index in [2.05, 4.69) is 58.0 Å². The Morgan fingerprint density at radius 1 is 1.19 bits per heavy atom. The highest BCUT2D eigenvalue weighted by Gasteiger charge is 2.38. The summed E-state index contributed by atoms with van der Waals surface area (Å²) in [5, 5.41) is 0. The predicted octanol–water partition coefficient (Wildman–Crippen LogP) is 5.50. The van der Waals surface area contributed by atoms with E-state index in [0.29, 0.717) is 12.5 Å². The van der Waals surface area contributed by atoms with Gasteiger partial charge in [0, 0.05) is 5.41 Å². The SMILES string of the molecule is CC(C)COc1cccc(-c2ccc3c(c2)CCC(C)(C)[C@H]3OC(N)=O)c1. The molecule has 0 radical (unpaired) electrons. The molecule has 2 N–H and O–H groups in total. The van der Waals surface area contributed by atoms with Crippen molar-refractivity contribution in [3.63, 3.8) is 0 Å². The van der Waals surface area contributed by atoms with Crippen LogP contribution in [-0.4, -0.2) is 12.7 Å². The second-order valence-electron chi connectivity index (χ2n) is 8.45. The van der Waals surface area contributed by atoms with Crippen LogP contribution in [-0.2, 0) is 11.2 Å². The summed E-state index contributed by atoms with van der Waals surface area (Å²) < 4.78 is 11.3. The number of carbonyl (C=O) groups excluding carboxylic acids is 1. The van der Waals surface area contributed by atoms with Crippen molar-refractivity contribution in [2.45, 2.75) is 46.6 Å². The molecule has 0 heterocycles. The van der Waals surface area contributed by atoms with Crippen molar-refractivity contribution in [2.75, 3.05) is 6.61 Å². The lowest BCUT2D eigenvalue weighted by molar-refractivity contribution is 0.0147. The van der Waals surface area contributed by atoms with Crippen molar-refractivity contribution in [1.82, 2.24) is 0 Å². The number of hydrogen-bond donors (Lipinski definition) is 1. The van der Waals surface area contributed by atoms with Crippen LogP contribution in [0, 0.1) is 11.3 Å². The van der Waals surface area contributed by atoms with Gasteiger partial charge in [-0.15, -0.1) is 0 Å².